The number of rotatable bonds is 3. The quantitative estimate of drug-likeness (QED) is 0.835. The summed E-state index contributed by atoms with van der Waals surface area (Å²) < 4.78 is 39.7. The van der Waals surface area contributed by atoms with Gasteiger partial charge in [-0.2, -0.15) is 15.0 Å². The van der Waals surface area contributed by atoms with Crippen LogP contribution in [0, 0.1) is 17.5 Å². The fourth-order valence-electron chi connectivity index (χ4n) is 1.40. The summed E-state index contributed by atoms with van der Waals surface area (Å²) in [5, 5.41) is 2.37. The maximum Gasteiger partial charge on any atom is 0.233 e. The number of nitrogens with zero attached hydrogens (tertiary/aromatic N) is 4. The molecular formula is C11H11F3N6. The first-order valence-electron chi connectivity index (χ1n) is 5.47. The van der Waals surface area contributed by atoms with Crippen LogP contribution in [0.3, 0.4) is 0 Å². The van der Waals surface area contributed by atoms with Crippen molar-refractivity contribution in [1.29, 1.82) is 0 Å². The number of aromatic nitrogens is 3. The van der Waals surface area contributed by atoms with Crippen LogP contribution in [-0.2, 0) is 0 Å². The Kier molecular flexibility index (Phi) is 3.59. The number of nitrogen functional groups attached to an aromatic ring is 1. The van der Waals surface area contributed by atoms with Gasteiger partial charge in [0.1, 0.15) is 5.82 Å². The molecule has 0 aliphatic heterocycles. The standard InChI is InChI=1S/C11H11F3N6/c1-20(2)11-18-9(15)17-10(19-11)16-7-4-5(12)3-6(13)8(7)14/h3-4H,1-2H3,(H3,15,16,17,18,19). The minimum atomic E-state index is -1.32. The van der Waals surface area contributed by atoms with Crippen molar-refractivity contribution >= 4 is 23.5 Å². The van der Waals surface area contributed by atoms with Crippen molar-refractivity contribution in [1.82, 2.24) is 15.0 Å². The zero-order valence-corrected chi connectivity index (χ0v) is 10.7. The van der Waals surface area contributed by atoms with E-state index in [0.717, 1.165) is 6.07 Å². The van der Waals surface area contributed by atoms with Gasteiger partial charge in [0.25, 0.3) is 0 Å². The Morgan fingerprint density at radius 3 is 2.45 bits per heavy atom. The third-order valence-corrected chi connectivity index (χ3v) is 2.28. The van der Waals surface area contributed by atoms with E-state index in [9.17, 15) is 13.2 Å². The van der Waals surface area contributed by atoms with E-state index in [1.807, 2.05) is 0 Å². The number of halogens is 3. The van der Waals surface area contributed by atoms with E-state index >= 15 is 0 Å². The van der Waals surface area contributed by atoms with Crippen LogP contribution in [0.25, 0.3) is 0 Å². The van der Waals surface area contributed by atoms with Crippen molar-refractivity contribution in [2.75, 3.05) is 30.0 Å². The summed E-state index contributed by atoms with van der Waals surface area (Å²) in [6.45, 7) is 0. The second-order valence-corrected chi connectivity index (χ2v) is 4.09. The van der Waals surface area contributed by atoms with Gasteiger partial charge in [0.2, 0.25) is 17.8 Å². The van der Waals surface area contributed by atoms with E-state index in [2.05, 4.69) is 20.3 Å². The van der Waals surface area contributed by atoms with E-state index in [0.29, 0.717) is 6.07 Å². The molecule has 0 fully saturated rings. The molecule has 0 bridgehead atoms. The van der Waals surface area contributed by atoms with Gasteiger partial charge in [-0.05, 0) is 0 Å². The van der Waals surface area contributed by atoms with Crippen LogP contribution in [0.2, 0.25) is 0 Å². The fraction of sp³-hybridized carbons (Fsp3) is 0.182. The zero-order chi connectivity index (χ0) is 14.9. The van der Waals surface area contributed by atoms with Crippen LogP contribution >= 0.6 is 0 Å². The number of nitrogens with one attached hydrogen (secondary N) is 1. The van der Waals surface area contributed by atoms with Gasteiger partial charge in [-0.15, -0.1) is 0 Å². The van der Waals surface area contributed by atoms with E-state index in [-0.39, 0.29) is 17.8 Å². The second-order valence-electron chi connectivity index (χ2n) is 4.09. The van der Waals surface area contributed by atoms with Crippen molar-refractivity contribution in [3.8, 4) is 0 Å². The van der Waals surface area contributed by atoms with Gasteiger partial charge in [0.15, 0.2) is 11.6 Å². The van der Waals surface area contributed by atoms with Crippen molar-refractivity contribution in [3.63, 3.8) is 0 Å². The number of nitrogens with two attached hydrogens (primary N) is 1. The van der Waals surface area contributed by atoms with E-state index in [4.69, 9.17) is 5.73 Å². The summed E-state index contributed by atoms with van der Waals surface area (Å²) >= 11 is 0. The first kappa shape index (κ1) is 13.8. The second kappa shape index (κ2) is 5.19. The van der Waals surface area contributed by atoms with E-state index in [1.165, 1.54) is 0 Å². The summed E-state index contributed by atoms with van der Waals surface area (Å²) in [7, 11) is 3.34. The van der Waals surface area contributed by atoms with Gasteiger partial charge in [0, 0.05) is 26.2 Å². The summed E-state index contributed by atoms with van der Waals surface area (Å²) in [5.41, 5.74) is 5.05. The van der Waals surface area contributed by atoms with Gasteiger partial charge in [-0.3, -0.25) is 0 Å². The topological polar surface area (TPSA) is 80.0 Å². The Bertz CT molecular complexity index is 646. The van der Waals surface area contributed by atoms with Gasteiger partial charge in [-0.25, -0.2) is 13.2 Å². The fourth-order valence-corrected chi connectivity index (χ4v) is 1.40. The molecule has 2 rings (SSSR count). The molecule has 2 aromatic rings. The van der Waals surface area contributed by atoms with Gasteiger partial charge < -0.3 is 16.0 Å². The number of hydrogen-bond acceptors (Lipinski definition) is 6. The monoisotopic (exact) mass is 284 g/mol. The van der Waals surface area contributed by atoms with Crippen molar-refractivity contribution in [3.05, 3.63) is 29.6 Å². The number of hydrogen-bond donors (Lipinski definition) is 2. The first-order chi connectivity index (χ1) is 9.36. The lowest BCUT2D eigenvalue weighted by molar-refractivity contribution is 0.498. The Morgan fingerprint density at radius 2 is 1.80 bits per heavy atom. The molecule has 0 saturated heterocycles. The highest BCUT2D eigenvalue weighted by atomic mass is 19.2. The minimum absolute atomic E-state index is 0.108. The molecule has 0 spiro atoms. The summed E-state index contributed by atoms with van der Waals surface area (Å²) in [5.74, 6) is -3.49. The molecule has 0 atom stereocenters. The van der Waals surface area contributed by atoms with Crippen molar-refractivity contribution < 1.29 is 13.2 Å². The molecule has 0 aliphatic carbocycles. The SMILES string of the molecule is CN(C)c1nc(N)nc(Nc2cc(F)cc(F)c2F)n1. The molecule has 6 nitrogen and oxygen atoms in total. The molecule has 1 aromatic heterocycles. The predicted octanol–water partition coefficient (Wildman–Crippen LogP) is 1.68. The van der Waals surface area contributed by atoms with Gasteiger partial charge in [-0.1, -0.05) is 0 Å². The highest BCUT2D eigenvalue weighted by molar-refractivity contribution is 5.56. The number of anilines is 4. The molecule has 0 radical (unpaired) electrons. The molecule has 106 valence electrons. The lowest BCUT2D eigenvalue weighted by Gasteiger charge is -2.12. The lowest BCUT2D eigenvalue weighted by atomic mass is 10.3. The van der Waals surface area contributed by atoms with Crippen molar-refractivity contribution in [2.45, 2.75) is 0 Å². The zero-order valence-electron chi connectivity index (χ0n) is 10.7. The van der Waals surface area contributed by atoms with Crippen LogP contribution in [0.4, 0.5) is 36.7 Å². The smallest absolute Gasteiger partial charge is 0.233 e. The van der Waals surface area contributed by atoms with Crippen LogP contribution in [0.5, 0.6) is 0 Å². The average Bonchev–Trinajstić information content (AvgIpc) is 2.34. The van der Waals surface area contributed by atoms with Crippen LogP contribution in [-0.4, -0.2) is 29.0 Å². The molecule has 0 amide bonds. The molecule has 9 heteroatoms. The van der Waals surface area contributed by atoms with E-state index in [1.54, 1.807) is 19.0 Å². The largest absolute Gasteiger partial charge is 0.368 e. The highest BCUT2D eigenvalue weighted by Gasteiger charge is 2.13. The van der Waals surface area contributed by atoms with E-state index < -0.39 is 23.1 Å². The Balaban J connectivity index is 2.40. The molecule has 0 unspecified atom stereocenters. The average molecular weight is 284 g/mol. The molecule has 0 aliphatic rings. The first-order valence-corrected chi connectivity index (χ1v) is 5.47. The normalized spacial score (nSPS) is 10.4. The summed E-state index contributed by atoms with van der Waals surface area (Å²) in [6.07, 6.45) is 0. The maximum atomic E-state index is 13.5. The lowest BCUT2D eigenvalue weighted by Crippen LogP contribution is -2.16. The number of benzene rings is 1. The Morgan fingerprint density at radius 1 is 1.10 bits per heavy atom. The predicted molar refractivity (Wildman–Crippen MR) is 68.2 cm³/mol. The van der Waals surface area contributed by atoms with Crippen molar-refractivity contribution in [2.24, 2.45) is 0 Å². The van der Waals surface area contributed by atoms with Crippen LogP contribution in [0.1, 0.15) is 0 Å². The summed E-state index contributed by atoms with van der Waals surface area (Å²) in [4.78, 5) is 13.0. The van der Waals surface area contributed by atoms with Crippen LogP contribution in [0.15, 0.2) is 12.1 Å². The Labute approximate surface area is 112 Å². The molecular weight excluding hydrogens is 273 g/mol. The Hall–Kier alpha value is -2.58. The minimum Gasteiger partial charge on any atom is -0.368 e. The summed E-state index contributed by atoms with van der Waals surface area (Å²) in [6, 6.07) is 1.22. The van der Waals surface area contributed by atoms with Gasteiger partial charge >= 0.3 is 0 Å². The maximum absolute atomic E-state index is 13.5. The molecule has 3 N–H and O–H groups in total. The molecule has 1 heterocycles. The molecule has 1 aromatic carbocycles. The highest BCUT2D eigenvalue weighted by Crippen LogP contribution is 2.22. The molecule has 20 heavy (non-hydrogen) atoms. The van der Waals surface area contributed by atoms with Gasteiger partial charge in [0.05, 0.1) is 5.69 Å². The van der Waals surface area contributed by atoms with Crippen LogP contribution < -0.4 is 16.0 Å². The third-order valence-electron chi connectivity index (χ3n) is 2.28. The third kappa shape index (κ3) is 2.87. The molecule has 0 saturated carbocycles.